The number of primary amides is 1. The third-order valence-corrected chi connectivity index (χ3v) is 11.5. The second-order valence-corrected chi connectivity index (χ2v) is 15.7. The molecule has 1 aliphatic carbocycles. The molecule has 1 aromatic heterocycles. The molecule has 4 heterocycles. The van der Waals surface area contributed by atoms with E-state index in [0.717, 1.165) is 4.90 Å². The maximum absolute atomic E-state index is 16.2. The Bertz CT molecular complexity index is 2130. The first-order valence-corrected chi connectivity index (χ1v) is 18.0. The van der Waals surface area contributed by atoms with Gasteiger partial charge >= 0.3 is 0 Å². The zero-order valence-corrected chi connectivity index (χ0v) is 30.9. The van der Waals surface area contributed by atoms with Gasteiger partial charge in [0.05, 0.1) is 27.8 Å². The lowest BCUT2D eigenvalue weighted by Crippen LogP contribution is -2.77. The minimum atomic E-state index is -1.30. The number of imide groups is 2. The van der Waals surface area contributed by atoms with Crippen LogP contribution < -0.4 is 15.4 Å². The van der Waals surface area contributed by atoms with Crippen LogP contribution in [0, 0.1) is 28.0 Å². The topological polar surface area (TPSA) is 183 Å². The van der Waals surface area contributed by atoms with Gasteiger partial charge in [-0.05, 0) is 36.8 Å². The van der Waals surface area contributed by atoms with E-state index in [-0.39, 0.29) is 46.8 Å². The molecule has 3 aliphatic heterocycles. The normalized spacial score (nSPS) is 23.6. The van der Waals surface area contributed by atoms with Crippen LogP contribution in [0.4, 0.5) is 10.2 Å². The summed E-state index contributed by atoms with van der Waals surface area (Å²) in [6, 6.07) is 10.9. The Kier molecular flexibility index (Phi) is 9.18. The quantitative estimate of drug-likeness (QED) is 0.332. The highest BCUT2D eigenvalue weighted by Crippen LogP contribution is 2.58. The van der Waals surface area contributed by atoms with E-state index in [4.69, 9.17) is 22.1 Å². The van der Waals surface area contributed by atoms with Gasteiger partial charge in [0, 0.05) is 61.6 Å². The number of amides is 5. The van der Waals surface area contributed by atoms with E-state index >= 15 is 4.39 Å². The van der Waals surface area contributed by atoms with Crippen molar-refractivity contribution in [2.75, 3.05) is 31.1 Å². The van der Waals surface area contributed by atoms with Crippen LogP contribution in [0.3, 0.4) is 0 Å². The molecule has 280 valence electrons. The van der Waals surface area contributed by atoms with Crippen molar-refractivity contribution >= 4 is 47.0 Å². The highest BCUT2D eigenvalue weighted by Gasteiger charge is 2.68. The van der Waals surface area contributed by atoms with Gasteiger partial charge in [-0.3, -0.25) is 38.7 Å². The number of hydrogen-bond acceptors (Lipinski definition) is 11. The number of fused-ring (bicyclic) bond motifs is 1. The predicted molar refractivity (Wildman–Crippen MR) is 192 cm³/mol. The minimum Gasteiger partial charge on any atom is -0.489 e. The summed E-state index contributed by atoms with van der Waals surface area (Å²) < 4.78 is 22.5. The molecular formula is C38H38ClFN8O6. The number of nitrogens with zero attached hydrogens (tertiary/aromatic N) is 7. The van der Waals surface area contributed by atoms with E-state index in [1.165, 1.54) is 23.1 Å². The molecule has 7 rings (SSSR count). The van der Waals surface area contributed by atoms with Crippen molar-refractivity contribution in [1.82, 2.24) is 24.9 Å². The molecule has 54 heavy (non-hydrogen) atoms. The number of aromatic nitrogens is 2. The third kappa shape index (κ3) is 5.93. The molecule has 1 atom stereocenters. The lowest BCUT2D eigenvalue weighted by molar-refractivity contribution is -0.216. The molecule has 1 unspecified atom stereocenters. The van der Waals surface area contributed by atoms with Crippen LogP contribution in [0.1, 0.15) is 82.9 Å². The molecule has 2 aromatic carbocycles. The van der Waals surface area contributed by atoms with E-state index in [1.54, 1.807) is 24.3 Å². The van der Waals surface area contributed by atoms with E-state index in [0.29, 0.717) is 43.3 Å². The molecule has 14 nitrogen and oxygen atoms in total. The van der Waals surface area contributed by atoms with Gasteiger partial charge in [0.1, 0.15) is 29.8 Å². The number of carbonyl (C=O) groups is 5. The molecule has 0 spiro atoms. The molecule has 5 amide bonds. The summed E-state index contributed by atoms with van der Waals surface area (Å²) >= 11 is 6.24. The van der Waals surface area contributed by atoms with Crippen molar-refractivity contribution < 1.29 is 33.1 Å². The lowest BCUT2D eigenvalue weighted by Gasteiger charge is -2.65. The Morgan fingerprint density at radius 1 is 0.981 bits per heavy atom. The fourth-order valence-corrected chi connectivity index (χ4v) is 9.14. The van der Waals surface area contributed by atoms with Crippen LogP contribution >= 0.6 is 11.6 Å². The predicted octanol–water partition coefficient (Wildman–Crippen LogP) is 3.56. The number of ether oxygens (including phenoxy) is 1. The number of anilines is 1. The largest absolute Gasteiger partial charge is 0.489 e. The standard InChI is InChI=1S/C38H38ClFN8O6/c1-37(2)35(38(3,4)36(37)54-22-7-5-20(18-41)24(39)17-22)48-28(49)12-10-26(33(48)52)47-32(51)23-8-6-21(30(40)29(23)34(47)53)19-45-13-15-46(16-14-45)27-11-9-25(31(42)50)43-44-27/h5-9,11,17,26,35-36H,10,12-16,19H2,1-4H3,(H2,42,50). The number of benzene rings is 2. The SMILES string of the molecule is CC1(C)C(Oc2ccc(C#N)c(Cl)c2)C(C)(C)C1N1C(=O)CCC(N2C(=O)c3ccc(CN4CCN(c5ccc(C(N)=O)nn5)CC4)c(F)c3C2=O)C1=O. The maximum atomic E-state index is 16.2. The Morgan fingerprint density at radius 3 is 2.30 bits per heavy atom. The van der Waals surface area contributed by atoms with Crippen molar-refractivity contribution in [3.05, 3.63) is 81.3 Å². The van der Waals surface area contributed by atoms with Crippen molar-refractivity contribution in [1.29, 1.82) is 5.26 Å². The number of likely N-dealkylation sites (tertiary alicyclic amines) is 1. The number of halogens is 2. The molecular weight excluding hydrogens is 719 g/mol. The Hall–Kier alpha value is -5.46. The molecule has 0 bridgehead atoms. The molecule has 2 N–H and O–H groups in total. The lowest BCUT2D eigenvalue weighted by atomic mass is 9.48. The molecule has 0 radical (unpaired) electrons. The highest BCUT2D eigenvalue weighted by atomic mass is 35.5. The molecule has 4 aliphatic rings. The van der Waals surface area contributed by atoms with Crippen LogP contribution in [0.5, 0.6) is 5.75 Å². The summed E-state index contributed by atoms with van der Waals surface area (Å²) in [7, 11) is 0. The monoisotopic (exact) mass is 756 g/mol. The van der Waals surface area contributed by atoms with Gasteiger partial charge in [-0.15, -0.1) is 10.2 Å². The van der Waals surface area contributed by atoms with Crippen molar-refractivity contribution in [3.8, 4) is 11.8 Å². The average molecular weight is 757 g/mol. The fourth-order valence-electron chi connectivity index (χ4n) is 8.93. The zero-order chi connectivity index (χ0) is 38.9. The summed E-state index contributed by atoms with van der Waals surface area (Å²) in [5.41, 5.74) is 3.80. The first kappa shape index (κ1) is 36.9. The van der Waals surface area contributed by atoms with Crippen LogP contribution in [0.15, 0.2) is 42.5 Å². The first-order valence-electron chi connectivity index (χ1n) is 17.6. The van der Waals surface area contributed by atoms with Crippen molar-refractivity contribution in [2.45, 2.75) is 65.3 Å². The number of nitrogens with two attached hydrogens (primary N) is 1. The van der Waals surface area contributed by atoms with Gasteiger partial charge in [-0.2, -0.15) is 5.26 Å². The van der Waals surface area contributed by atoms with E-state index in [2.05, 4.69) is 10.2 Å². The van der Waals surface area contributed by atoms with Crippen molar-refractivity contribution in [2.24, 2.45) is 16.6 Å². The maximum Gasteiger partial charge on any atom is 0.269 e. The molecule has 2 saturated heterocycles. The second kappa shape index (κ2) is 13.4. The number of rotatable bonds is 8. The van der Waals surface area contributed by atoms with Gasteiger partial charge in [0.25, 0.3) is 23.6 Å². The number of piperazine rings is 1. The molecule has 3 fully saturated rings. The fraction of sp³-hybridized carbons (Fsp3) is 0.421. The van der Waals surface area contributed by atoms with E-state index < -0.39 is 64.4 Å². The van der Waals surface area contributed by atoms with E-state index in [1.807, 2.05) is 43.6 Å². The zero-order valence-electron chi connectivity index (χ0n) is 30.1. The Balaban J connectivity index is 1.05. The summed E-state index contributed by atoms with van der Waals surface area (Å²) in [5.74, 6) is -3.29. The minimum absolute atomic E-state index is 0.0630. The van der Waals surface area contributed by atoms with Crippen LogP contribution in [-0.2, 0) is 16.1 Å². The van der Waals surface area contributed by atoms with Crippen LogP contribution in [0.25, 0.3) is 0 Å². The number of piperidine rings is 1. The summed E-state index contributed by atoms with van der Waals surface area (Å²) in [4.78, 5) is 72.7. The van der Waals surface area contributed by atoms with Gasteiger partial charge in [-0.25, -0.2) is 4.39 Å². The Labute approximate surface area is 315 Å². The number of hydrogen-bond donors (Lipinski definition) is 1. The average Bonchev–Trinajstić information content (AvgIpc) is 3.39. The molecule has 1 saturated carbocycles. The van der Waals surface area contributed by atoms with E-state index in [9.17, 15) is 29.2 Å². The second-order valence-electron chi connectivity index (χ2n) is 15.3. The number of carbonyl (C=O) groups excluding carboxylic acids is 5. The van der Waals surface area contributed by atoms with Gasteiger partial charge < -0.3 is 15.4 Å². The third-order valence-electron chi connectivity index (χ3n) is 11.2. The van der Waals surface area contributed by atoms with Gasteiger partial charge in [0.2, 0.25) is 5.91 Å². The number of nitriles is 1. The van der Waals surface area contributed by atoms with Crippen LogP contribution in [0.2, 0.25) is 5.02 Å². The first-order chi connectivity index (χ1) is 25.6. The summed E-state index contributed by atoms with van der Waals surface area (Å²) in [5, 5.41) is 17.4. The molecule has 3 aromatic rings. The van der Waals surface area contributed by atoms with Crippen molar-refractivity contribution in [3.63, 3.8) is 0 Å². The Morgan fingerprint density at radius 2 is 1.69 bits per heavy atom. The van der Waals surface area contributed by atoms with Gasteiger partial charge in [-0.1, -0.05) is 45.4 Å². The molecule has 16 heteroatoms. The summed E-state index contributed by atoms with van der Waals surface area (Å²) in [6.45, 7) is 9.84. The smallest absolute Gasteiger partial charge is 0.269 e. The highest BCUT2D eigenvalue weighted by molar-refractivity contribution is 6.31. The summed E-state index contributed by atoms with van der Waals surface area (Å²) in [6.07, 6.45) is -0.659. The van der Waals surface area contributed by atoms with Gasteiger partial charge in [0.15, 0.2) is 11.5 Å². The van der Waals surface area contributed by atoms with Crippen LogP contribution in [-0.4, -0.2) is 98.8 Å².